The molecule has 1 aliphatic heterocycles. The third-order valence-corrected chi connectivity index (χ3v) is 3.90. The SMILES string of the molecule is CCNc1nc(C2CCCC2)nc2c1COCC2. The number of hydrogen-bond acceptors (Lipinski definition) is 4. The minimum Gasteiger partial charge on any atom is -0.376 e. The molecular weight excluding hydrogens is 226 g/mol. The quantitative estimate of drug-likeness (QED) is 0.892. The van der Waals surface area contributed by atoms with Gasteiger partial charge in [0.25, 0.3) is 0 Å². The third-order valence-electron chi connectivity index (χ3n) is 3.90. The van der Waals surface area contributed by atoms with Gasteiger partial charge in [-0.3, -0.25) is 0 Å². The van der Waals surface area contributed by atoms with Gasteiger partial charge < -0.3 is 10.1 Å². The van der Waals surface area contributed by atoms with Crippen molar-refractivity contribution >= 4 is 5.82 Å². The normalized spacial score (nSPS) is 19.8. The largest absolute Gasteiger partial charge is 0.376 e. The van der Waals surface area contributed by atoms with E-state index in [9.17, 15) is 0 Å². The molecule has 1 aliphatic carbocycles. The van der Waals surface area contributed by atoms with Crippen molar-refractivity contribution in [1.29, 1.82) is 0 Å². The minimum atomic E-state index is 0.579. The number of nitrogens with zero attached hydrogens (tertiary/aromatic N) is 2. The van der Waals surface area contributed by atoms with Crippen LogP contribution in [0.25, 0.3) is 0 Å². The van der Waals surface area contributed by atoms with Crippen LogP contribution in [0.5, 0.6) is 0 Å². The summed E-state index contributed by atoms with van der Waals surface area (Å²) in [6, 6.07) is 0. The molecular formula is C14H21N3O. The molecule has 0 aromatic carbocycles. The summed E-state index contributed by atoms with van der Waals surface area (Å²) in [5.74, 6) is 2.64. The van der Waals surface area contributed by atoms with E-state index in [1.165, 1.54) is 36.9 Å². The molecule has 0 atom stereocenters. The minimum absolute atomic E-state index is 0.579. The second-order valence-electron chi connectivity index (χ2n) is 5.17. The Morgan fingerprint density at radius 3 is 2.89 bits per heavy atom. The van der Waals surface area contributed by atoms with Crippen molar-refractivity contribution in [2.45, 2.75) is 51.6 Å². The number of ether oxygens (including phenoxy) is 1. The molecule has 0 saturated heterocycles. The fourth-order valence-electron chi connectivity index (χ4n) is 2.93. The molecule has 1 aromatic heterocycles. The number of hydrogen-bond donors (Lipinski definition) is 1. The molecule has 3 rings (SSSR count). The van der Waals surface area contributed by atoms with Crippen LogP contribution in [0.2, 0.25) is 0 Å². The first-order valence-corrected chi connectivity index (χ1v) is 7.09. The molecule has 0 spiro atoms. The van der Waals surface area contributed by atoms with E-state index in [2.05, 4.69) is 12.2 Å². The molecule has 4 nitrogen and oxygen atoms in total. The molecule has 18 heavy (non-hydrogen) atoms. The molecule has 1 N–H and O–H groups in total. The lowest BCUT2D eigenvalue weighted by molar-refractivity contribution is 0.109. The van der Waals surface area contributed by atoms with Crippen LogP contribution >= 0.6 is 0 Å². The van der Waals surface area contributed by atoms with E-state index < -0.39 is 0 Å². The molecule has 1 saturated carbocycles. The van der Waals surface area contributed by atoms with Gasteiger partial charge in [-0.05, 0) is 19.8 Å². The number of rotatable bonds is 3. The molecule has 2 aliphatic rings. The first kappa shape index (κ1) is 11.9. The second kappa shape index (κ2) is 5.22. The van der Waals surface area contributed by atoms with Crippen molar-refractivity contribution in [3.63, 3.8) is 0 Å². The summed E-state index contributed by atoms with van der Waals surface area (Å²) in [5.41, 5.74) is 2.37. The Hall–Kier alpha value is -1.16. The van der Waals surface area contributed by atoms with Crippen LogP contribution in [0, 0.1) is 0 Å². The molecule has 0 amide bonds. The lowest BCUT2D eigenvalue weighted by Gasteiger charge is -2.21. The molecule has 0 radical (unpaired) electrons. The highest BCUT2D eigenvalue weighted by atomic mass is 16.5. The Kier molecular flexibility index (Phi) is 3.46. The van der Waals surface area contributed by atoms with Crippen LogP contribution in [0.1, 0.15) is 55.6 Å². The van der Waals surface area contributed by atoms with Gasteiger partial charge in [-0.1, -0.05) is 12.8 Å². The van der Waals surface area contributed by atoms with Crippen molar-refractivity contribution in [1.82, 2.24) is 9.97 Å². The van der Waals surface area contributed by atoms with Crippen molar-refractivity contribution in [2.24, 2.45) is 0 Å². The van der Waals surface area contributed by atoms with Gasteiger partial charge in [0.15, 0.2) is 0 Å². The zero-order valence-electron chi connectivity index (χ0n) is 11.0. The maximum Gasteiger partial charge on any atom is 0.135 e. The monoisotopic (exact) mass is 247 g/mol. The lowest BCUT2D eigenvalue weighted by atomic mass is 10.1. The maximum atomic E-state index is 5.53. The zero-order valence-corrected chi connectivity index (χ0v) is 11.0. The number of anilines is 1. The highest BCUT2D eigenvalue weighted by Gasteiger charge is 2.24. The summed E-state index contributed by atoms with van der Waals surface area (Å²) in [7, 11) is 0. The van der Waals surface area contributed by atoms with Gasteiger partial charge in [0.05, 0.1) is 18.9 Å². The Bertz CT molecular complexity index is 427. The van der Waals surface area contributed by atoms with Gasteiger partial charge in [0, 0.05) is 24.4 Å². The molecule has 0 bridgehead atoms. The molecule has 98 valence electrons. The first-order chi connectivity index (χ1) is 8.88. The van der Waals surface area contributed by atoms with Crippen LogP contribution in [0.4, 0.5) is 5.82 Å². The summed E-state index contributed by atoms with van der Waals surface area (Å²) in [6.07, 6.45) is 6.08. The fourth-order valence-corrected chi connectivity index (χ4v) is 2.93. The van der Waals surface area contributed by atoms with Crippen LogP contribution < -0.4 is 5.32 Å². The van der Waals surface area contributed by atoms with E-state index >= 15 is 0 Å². The van der Waals surface area contributed by atoms with E-state index in [4.69, 9.17) is 14.7 Å². The predicted molar refractivity (Wildman–Crippen MR) is 70.8 cm³/mol. The second-order valence-corrected chi connectivity index (χ2v) is 5.17. The Morgan fingerprint density at radius 1 is 1.28 bits per heavy atom. The van der Waals surface area contributed by atoms with E-state index in [1.807, 2.05) is 0 Å². The van der Waals surface area contributed by atoms with Crippen LogP contribution in [0.15, 0.2) is 0 Å². The zero-order chi connectivity index (χ0) is 12.4. The smallest absolute Gasteiger partial charge is 0.135 e. The van der Waals surface area contributed by atoms with Gasteiger partial charge in [-0.25, -0.2) is 9.97 Å². The Labute approximate surface area is 108 Å². The fraction of sp³-hybridized carbons (Fsp3) is 0.714. The van der Waals surface area contributed by atoms with Crippen molar-refractivity contribution < 1.29 is 4.74 Å². The predicted octanol–water partition coefficient (Wildman–Crippen LogP) is 2.64. The summed E-state index contributed by atoms with van der Waals surface area (Å²) in [4.78, 5) is 9.56. The first-order valence-electron chi connectivity index (χ1n) is 7.09. The molecule has 4 heteroatoms. The summed E-state index contributed by atoms with van der Waals surface area (Å²) in [6.45, 7) is 4.45. The van der Waals surface area contributed by atoms with E-state index in [1.54, 1.807) is 0 Å². The van der Waals surface area contributed by atoms with Gasteiger partial charge in [0.1, 0.15) is 11.6 Å². The number of aromatic nitrogens is 2. The summed E-state index contributed by atoms with van der Waals surface area (Å²) in [5, 5.41) is 3.37. The van der Waals surface area contributed by atoms with E-state index in [0.29, 0.717) is 12.5 Å². The van der Waals surface area contributed by atoms with Crippen LogP contribution in [-0.4, -0.2) is 23.1 Å². The maximum absolute atomic E-state index is 5.53. The number of fused-ring (bicyclic) bond motifs is 1. The molecule has 1 aromatic rings. The van der Waals surface area contributed by atoms with Crippen molar-refractivity contribution in [2.75, 3.05) is 18.5 Å². The van der Waals surface area contributed by atoms with Gasteiger partial charge in [-0.15, -0.1) is 0 Å². The van der Waals surface area contributed by atoms with Gasteiger partial charge in [-0.2, -0.15) is 0 Å². The molecule has 2 heterocycles. The summed E-state index contributed by atoms with van der Waals surface area (Å²) < 4.78 is 5.53. The highest BCUT2D eigenvalue weighted by Crippen LogP contribution is 2.34. The van der Waals surface area contributed by atoms with E-state index in [-0.39, 0.29) is 0 Å². The summed E-state index contributed by atoms with van der Waals surface area (Å²) >= 11 is 0. The standard InChI is InChI=1S/C14H21N3O/c1-2-15-14-11-9-18-8-7-12(11)16-13(17-14)10-5-3-4-6-10/h10H,2-9H2,1H3,(H,15,16,17). The average molecular weight is 247 g/mol. The average Bonchev–Trinajstić information content (AvgIpc) is 2.93. The van der Waals surface area contributed by atoms with Crippen molar-refractivity contribution in [3.05, 3.63) is 17.1 Å². The topological polar surface area (TPSA) is 47.0 Å². The van der Waals surface area contributed by atoms with Gasteiger partial charge in [0.2, 0.25) is 0 Å². The lowest BCUT2D eigenvalue weighted by Crippen LogP contribution is -2.18. The molecule has 1 fully saturated rings. The highest BCUT2D eigenvalue weighted by molar-refractivity contribution is 5.47. The van der Waals surface area contributed by atoms with Crippen LogP contribution in [-0.2, 0) is 17.8 Å². The third kappa shape index (κ3) is 2.21. The van der Waals surface area contributed by atoms with Crippen LogP contribution in [0.3, 0.4) is 0 Å². The Balaban J connectivity index is 1.97. The van der Waals surface area contributed by atoms with Gasteiger partial charge >= 0.3 is 0 Å². The molecule has 0 unspecified atom stereocenters. The Morgan fingerprint density at radius 2 is 2.11 bits per heavy atom. The number of nitrogens with one attached hydrogen (secondary N) is 1. The van der Waals surface area contributed by atoms with Crippen molar-refractivity contribution in [3.8, 4) is 0 Å². The van der Waals surface area contributed by atoms with E-state index in [0.717, 1.165) is 31.2 Å².